The van der Waals surface area contributed by atoms with Crippen LogP contribution in [-0.2, 0) is 10.8 Å². The number of furan rings is 1. The largest absolute Gasteiger partial charge is 0.456 e. The van der Waals surface area contributed by atoms with Crippen molar-refractivity contribution in [2.75, 3.05) is 9.80 Å². The molecular formula is C54H46N2O. The molecule has 0 amide bonds. The maximum Gasteiger partial charge on any atom is 0.137 e. The first-order valence-electron chi connectivity index (χ1n) is 20.0. The molecule has 0 bridgehead atoms. The van der Waals surface area contributed by atoms with Gasteiger partial charge in [-0.25, -0.2) is 0 Å². The molecule has 0 saturated carbocycles. The van der Waals surface area contributed by atoms with Gasteiger partial charge in [-0.2, -0.15) is 0 Å². The Labute approximate surface area is 334 Å². The molecule has 0 spiro atoms. The molecule has 0 saturated heterocycles. The fourth-order valence-electron chi connectivity index (χ4n) is 9.08. The molecule has 0 atom stereocenters. The summed E-state index contributed by atoms with van der Waals surface area (Å²) in [7, 11) is 0. The topological polar surface area (TPSA) is 19.6 Å². The van der Waals surface area contributed by atoms with Gasteiger partial charge < -0.3 is 14.2 Å². The summed E-state index contributed by atoms with van der Waals surface area (Å²) in [6.45, 7) is 14.1. The minimum Gasteiger partial charge on any atom is -0.456 e. The Kier molecular flexibility index (Phi) is 7.95. The Hall–Kier alpha value is -6.58. The highest BCUT2D eigenvalue weighted by Gasteiger charge is 2.30. The lowest BCUT2D eigenvalue weighted by Gasteiger charge is -2.33. The van der Waals surface area contributed by atoms with Gasteiger partial charge in [-0.3, -0.25) is 0 Å². The highest BCUT2D eigenvalue weighted by atomic mass is 16.3. The Balaban J connectivity index is 1.38. The predicted molar refractivity (Wildman–Crippen MR) is 244 cm³/mol. The molecule has 10 aromatic rings. The van der Waals surface area contributed by atoms with Crippen LogP contribution in [0.15, 0.2) is 174 Å². The van der Waals surface area contributed by atoms with Crippen LogP contribution in [0.5, 0.6) is 0 Å². The average Bonchev–Trinajstić information content (AvgIpc) is 3.60. The Morgan fingerprint density at radius 3 is 1.28 bits per heavy atom. The summed E-state index contributed by atoms with van der Waals surface area (Å²) in [6.07, 6.45) is 0. The second kappa shape index (κ2) is 13.0. The fraction of sp³-hybridized carbons (Fsp3) is 0.148. The molecule has 10 rings (SSSR count). The highest BCUT2D eigenvalue weighted by Crippen LogP contribution is 2.52. The summed E-state index contributed by atoms with van der Waals surface area (Å²) in [4.78, 5) is 4.89. The van der Waals surface area contributed by atoms with E-state index in [1.54, 1.807) is 0 Å². The van der Waals surface area contributed by atoms with Crippen molar-refractivity contribution in [3.05, 3.63) is 181 Å². The SMILES string of the molecule is CC(C)(C)c1cc2c(N(c3ccccc3)c3cccc4oc5ccccc5c34)ccc3c(C(C)(C)C)cc4c(N(c5ccccc5)c5ccccc5)ccc1c4c23. The van der Waals surface area contributed by atoms with Gasteiger partial charge in [0, 0.05) is 33.2 Å². The number of fused-ring (bicyclic) bond motifs is 3. The van der Waals surface area contributed by atoms with Crippen LogP contribution in [0.2, 0.25) is 0 Å². The van der Waals surface area contributed by atoms with E-state index in [9.17, 15) is 0 Å². The molecule has 57 heavy (non-hydrogen) atoms. The minimum atomic E-state index is -0.134. The van der Waals surface area contributed by atoms with Crippen LogP contribution in [0.25, 0.3) is 54.3 Å². The first-order chi connectivity index (χ1) is 27.6. The molecule has 3 nitrogen and oxygen atoms in total. The number of anilines is 6. The number of benzene rings is 9. The predicted octanol–water partition coefficient (Wildman–Crippen LogP) is 16.0. The van der Waals surface area contributed by atoms with E-state index >= 15 is 0 Å². The van der Waals surface area contributed by atoms with Gasteiger partial charge in [0.05, 0.1) is 22.4 Å². The quantitative estimate of drug-likeness (QED) is 0.158. The first-order valence-corrected chi connectivity index (χ1v) is 20.0. The summed E-state index contributed by atoms with van der Waals surface area (Å²) in [5.74, 6) is 0. The van der Waals surface area contributed by atoms with Gasteiger partial charge in [-0.1, -0.05) is 133 Å². The van der Waals surface area contributed by atoms with Crippen LogP contribution in [0.4, 0.5) is 34.1 Å². The van der Waals surface area contributed by atoms with Gasteiger partial charge in [-0.15, -0.1) is 0 Å². The lowest BCUT2D eigenvalue weighted by molar-refractivity contribution is 0.595. The molecule has 0 radical (unpaired) electrons. The van der Waals surface area contributed by atoms with Gasteiger partial charge in [0.15, 0.2) is 0 Å². The lowest BCUT2D eigenvalue weighted by Crippen LogP contribution is -2.17. The molecule has 278 valence electrons. The number of rotatable bonds is 6. The van der Waals surface area contributed by atoms with E-state index in [4.69, 9.17) is 4.42 Å². The summed E-state index contributed by atoms with van der Waals surface area (Å²) in [5, 5.41) is 9.89. The van der Waals surface area contributed by atoms with E-state index in [2.05, 4.69) is 215 Å². The maximum absolute atomic E-state index is 6.49. The van der Waals surface area contributed by atoms with Gasteiger partial charge in [-0.05, 0) is 122 Å². The molecule has 0 fully saturated rings. The molecule has 0 aliphatic rings. The van der Waals surface area contributed by atoms with E-state index in [1.165, 1.54) is 49.1 Å². The second-order valence-corrected chi connectivity index (χ2v) is 17.4. The van der Waals surface area contributed by atoms with Crippen molar-refractivity contribution in [3.8, 4) is 0 Å². The van der Waals surface area contributed by atoms with Crippen molar-refractivity contribution < 1.29 is 4.42 Å². The van der Waals surface area contributed by atoms with Crippen LogP contribution < -0.4 is 9.80 Å². The Morgan fingerprint density at radius 2 is 0.772 bits per heavy atom. The van der Waals surface area contributed by atoms with Crippen LogP contribution in [0, 0.1) is 0 Å². The van der Waals surface area contributed by atoms with Crippen molar-refractivity contribution in [2.24, 2.45) is 0 Å². The van der Waals surface area contributed by atoms with Crippen molar-refractivity contribution in [1.29, 1.82) is 0 Å². The van der Waals surface area contributed by atoms with E-state index in [0.29, 0.717) is 0 Å². The number of para-hydroxylation sites is 4. The van der Waals surface area contributed by atoms with Crippen LogP contribution in [-0.4, -0.2) is 0 Å². The third-order valence-electron chi connectivity index (χ3n) is 11.6. The monoisotopic (exact) mass is 738 g/mol. The van der Waals surface area contributed by atoms with Gasteiger partial charge in [0.1, 0.15) is 11.2 Å². The zero-order valence-electron chi connectivity index (χ0n) is 33.5. The van der Waals surface area contributed by atoms with Crippen molar-refractivity contribution in [2.45, 2.75) is 52.4 Å². The van der Waals surface area contributed by atoms with Gasteiger partial charge in [0.2, 0.25) is 0 Å². The van der Waals surface area contributed by atoms with E-state index in [-0.39, 0.29) is 10.8 Å². The minimum absolute atomic E-state index is 0.126. The molecule has 0 aliphatic heterocycles. The summed E-state index contributed by atoms with van der Waals surface area (Å²) < 4.78 is 6.49. The van der Waals surface area contributed by atoms with E-state index in [1.807, 2.05) is 6.07 Å². The van der Waals surface area contributed by atoms with Crippen molar-refractivity contribution in [3.63, 3.8) is 0 Å². The molecule has 1 heterocycles. The van der Waals surface area contributed by atoms with Crippen LogP contribution in [0.3, 0.4) is 0 Å². The first kappa shape index (κ1) is 34.9. The lowest BCUT2D eigenvalue weighted by atomic mass is 9.76. The third kappa shape index (κ3) is 5.64. The summed E-state index contributed by atoms with van der Waals surface area (Å²) >= 11 is 0. The second-order valence-electron chi connectivity index (χ2n) is 17.4. The summed E-state index contributed by atoms with van der Waals surface area (Å²) in [5.41, 5.74) is 10.9. The van der Waals surface area contributed by atoms with E-state index < -0.39 is 0 Å². The normalized spacial score (nSPS) is 12.4. The molecule has 3 heteroatoms. The van der Waals surface area contributed by atoms with Crippen LogP contribution >= 0.6 is 0 Å². The third-order valence-corrected chi connectivity index (χ3v) is 11.6. The summed E-state index contributed by atoms with van der Waals surface area (Å²) in [6, 6.07) is 61.7. The molecule has 0 aliphatic carbocycles. The Bertz CT molecular complexity index is 3040. The zero-order valence-corrected chi connectivity index (χ0v) is 33.5. The highest BCUT2D eigenvalue weighted by molar-refractivity contribution is 6.30. The fourth-order valence-corrected chi connectivity index (χ4v) is 9.08. The van der Waals surface area contributed by atoms with Crippen molar-refractivity contribution >= 4 is 88.4 Å². The smallest absolute Gasteiger partial charge is 0.137 e. The number of hydrogen-bond donors (Lipinski definition) is 0. The molecule has 9 aromatic carbocycles. The molecule has 0 unspecified atom stereocenters. The maximum atomic E-state index is 6.49. The molecular weight excluding hydrogens is 693 g/mol. The number of nitrogens with zero attached hydrogens (tertiary/aromatic N) is 2. The standard InChI is InChI=1S/C54H46N2O/c1-53(2,3)43-33-41-45(55(35-19-10-7-11-20-35)36-21-12-8-13-22-36)31-29-38-44(54(4,5)6)34-42-46(32-30-39(43)51(42)50(38)41)56(37-23-14-9-15-24-37)47-26-18-28-49-52(47)40-25-16-17-27-48(40)57-49/h7-34H,1-6H3. The van der Waals surface area contributed by atoms with Crippen molar-refractivity contribution in [1.82, 2.24) is 0 Å². The van der Waals surface area contributed by atoms with Gasteiger partial charge >= 0.3 is 0 Å². The van der Waals surface area contributed by atoms with E-state index in [0.717, 1.165) is 50.4 Å². The number of hydrogen-bond acceptors (Lipinski definition) is 3. The van der Waals surface area contributed by atoms with Crippen LogP contribution in [0.1, 0.15) is 52.7 Å². The molecule has 1 aromatic heterocycles. The Morgan fingerprint density at radius 1 is 0.333 bits per heavy atom. The van der Waals surface area contributed by atoms with Gasteiger partial charge in [0.25, 0.3) is 0 Å². The average molecular weight is 739 g/mol. The molecule has 0 N–H and O–H groups in total. The zero-order chi connectivity index (χ0) is 39.1.